The van der Waals surface area contributed by atoms with E-state index in [1.165, 1.54) is 5.56 Å². The van der Waals surface area contributed by atoms with Crippen LogP contribution >= 0.6 is 15.9 Å². The lowest BCUT2D eigenvalue weighted by molar-refractivity contribution is -0.141. The number of carbonyl (C=O) groups is 2. The molecule has 2 amide bonds. The zero-order valence-corrected chi connectivity index (χ0v) is 21.9. The molecule has 34 heavy (non-hydrogen) atoms. The molecule has 4 nitrogen and oxygen atoms in total. The largest absolute Gasteiger partial charge is 0.352 e. The summed E-state index contributed by atoms with van der Waals surface area (Å²) in [5.41, 5.74) is 5.29. The van der Waals surface area contributed by atoms with Crippen LogP contribution in [0.25, 0.3) is 0 Å². The van der Waals surface area contributed by atoms with Gasteiger partial charge in [-0.2, -0.15) is 0 Å². The molecule has 0 aliphatic heterocycles. The number of nitrogens with zero attached hydrogens (tertiary/aromatic N) is 1. The molecule has 0 aromatic heterocycles. The van der Waals surface area contributed by atoms with E-state index in [9.17, 15) is 9.59 Å². The van der Waals surface area contributed by atoms with Gasteiger partial charge < -0.3 is 10.2 Å². The van der Waals surface area contributed by atoms with Crippen molar-refractivity contribution in [2.75, 3.05) is 0 Å². The number of aryl methyl sites for hydroxylation is 2. The lowest BCUT2D eigenvalue weighted by atomic mass is 10.00. The van der Waals surface area contributed by atoms with Crippen LogP contribution in [0.1, 0.15) is 41.7 Å². The van der Waals surface area contributed by atoms with Gasteiger partial charge in [0.05, 0.1) is 6.42 Å². The highest BCUT2D eigenvalue weighted by molar-refractivity contribution is 9.10. The van der Waals surface area contributed by atoms with Gasteiger partial charge in [-0.25, -0.2) is 0 Å². The Morgan fingerprint density at radius 3 is 2.21 bits per heavy atom. The van der Waals surface area contributed by atoms with Crippen LogP contribution in [0.3, 0.4) is 0 Å². The predicted octanol–water partition coefficient (Wildman–Crippen LogP) is 5.77. The maximum absolute atomic E-state index is 13.8. The molecule has 3 rings (SSSR count). The molecule has 0 spiro atoms. The van der Waals surface area contributed by atoms with Crippen molar-refractivity contribution < 1.29 is 9.59 Å². The smallest absolute Gasteiger partial charge is 0.243 e. The standard InChI is InChI=1S/C29H33BrN2O2/c1-20(2)31-29(34)27(17-23-9-6-5-7-10-23)32(19-25-11-8-12-26(30)16-25)28(33)18-24-14-13-21(3)22(4)15-24/h5-16,20,27H,17-19H2,1-4H3,(H,31,34). The molecule has 1 atom stereocenters. The van der Waals surface area contributed by atoms with E-state index in [2.05, 4.69) is 41.2 Å². The minimum atomic E-state index is -0.622. The van der Waals surface area contributed by atoms with E-state index in [4.69, 9.17) is 0 Å². The number of hydrogen-bond acceptors (Lipinski definition) is 2. The average molecular weight is 521 g/mol. The molecule has 0 aliphatic rings. The molecule has 0 radical (unpaired) electrons. The summed E-state index contributed by atoms with van der Waals surface area (Å²) < 4.78 is 0.942. The number of hydrogen-bond donors (Lipinski definition) is 1. The van der Waals surface area contributed by atoms with Crippen LogP contribution in [0, 0.1) is 13.8 Å². The molecule has 0 saturated carbocycles. The van der Waals surface area contributed by atoms with Crippen molar-refractivity contribution in [2.24, 2.45) is 0 Å². The number of carbonyl (C=O) groups excluding carboxylic acids is 2. The van der Waals surface area contributed by atoms with Crippen LogP contribution in [-0.2, 0) is 29.0 Å². The third-order valence-corrected chi connectivity index (χ3v) is 6.36. The summed E-state index contributed by atoms with van der Waals surface area (Å²) in [5, 5.41) is 3.03. The van der Waals surface area contributed by atoms with E-state index in [-0.39, 0.29) is 24.3 Å². The predicted molar refractivity (Wildman–Crippen MR) is 142 cm³/mol. The van der Waals surface area contributed by atoms with Crippen molar-refractivity contribution in [1.82, 2.24) is 10.2 Å². The molecule has 5 heteroatoms. The SMILES string of the molecule is Cc1ccc(CC(=O)N(Cc2cccc(Br)c2)C(Cc2ccccc2)C(=O)NC(C)C)cc1C. The van der Waals surface area contributed by atoms with Gasteiger partial charge in [-0.05, 0) is 67.6 Å². The van der Waals surface area contributed by atoms with Gasteiger partial charge in [-0.3, -0.25) is 9.59 Å². The average Bonchev–Trinajstić information content (AvgIpc) is 2.79. The first-order chi connectivity index (χ1) is 16.2. The molecule has 0 aliphatic carbocycles. The minimum absolute atomic E-state index is 0.0201. The summed E-state index contributed by atoms with van der Waals surface area (Å²) in [5.74, 6) is -0.203. The summed E-state index contributed by atoms with van der Waals surface area (Å²) in [6.07, 6.45) is 0.696. The first-order valence-electron chi connectivity index (χ1n) is 11.7. The molecule has 0 fully saturated rings. The summed E-state index contributed by atoms with van der Waals surface area (Å²) in [7, 11) is 0. The van der Waals surface area contributed by atoms with Crippen molar-refractivity contribution in [3.8, 4) is 0 Å². The van der Waals surface area contributed by atoms with Crippen LogP contribution in [0.2, 0.25) is 0 Å². The second-order valence-corrected chi connectivity index (χ2v) is 10.0. The maximum Gasteiger partial charge on any atom is 0.243 e. The van der Waals surface area contributed by atoms with Crippen molar-refractivity contribution in [3.63, 3.8) is 0 Å². The highest BCUT2D eigenvalue weighted by Gasteiger charge is 2.30. The van der Waals surface area contributed by atoms with Crippen LogP contribution in [0.5, 0.6) is 0 Å². The van der Waals surface area contributed by atoms with E-state index < -0.39 is 6.04 Å². The van der Waals surface area contributed by atoms with E-state index >= 15 is 0 Å². The monoisotopic (exact) mass is 520 g/mol. The fourth-order valence-corrected chi connectivity index (χ4v) is 4.40. The fourth-order valence-electron chi connectivity index (χ4n) is 3.96. The molecule has 0 saturated heterocycles. The molecule has 0 heterocycles. The first-order valence-corrected chi connectivity index (χ1v) is 12.5. The lowest BCUT2D eigenvalue weighted by Crippen LogP contribution is -2.52. The summed E-state index contributed by atoms with van der Waals surface area (Å²) in [6, 6.07) is 23.2. The third kappa shape index (κ3) is 7.29. The fraction of sp³-hybridized carbons (Fsp3) is 0.310. The van der Waals surface area contributed by atoms with Crippen LogP contribution < -0.4 is 5.32 Å². The maximum atomic E-state index is 13.8. The van der Waals surface area contributed by atoms with E-state index in [1.54, 1.807) is 4.90 Å². The number of rotatable bonds is 9. The Bertz CT molecular complexity index is 1130. The highest BCUT2D eigenvalue weighted by Crippen LogP contribution is 2.20. The molecule has 3 aromatic rings. The van der Waals surface area contributed by atoms with Crippen LogP contribution in [-0.4, -0.2) is 28.8 Å². The van der Waals surface area contributed by atoms with Crippen molar-refractivity contribution in [1.29, 1.82) is 0 Å². The Balaban J connectivity index is 1.98. The number of halogens is 1. The summed E-state index contributed by atoms with van der Waals surface area (Å²) >= 11 is 3.53. The molecule has 3 aromatic carbocycles. The second-order valence-electron chi connectivity index (χ2n) is 9.12. The number of nitrogens with one attached hydrogen (secondary N) is 1. The highest BCUT2D eigenvalue weighted by atomic mass is 79.9. The summed E-state index contributed by atoms with van der Waals surface area (Å²) in [4.78, 5) is 28.9. The normalized spacial score (nSPS) is 11.8. The summed E-state index contributed by atoms with van der Waals surface area (Å²) in [6.45, 7) is 8.34. The molecule has 178 valence electrons. The van der Waals surface area contributed by atoms with Crippen LogP contribution in [0.4, 0.5) is 0 Å². The van der Waals surface area contributed by atoms with Crippen molar-refractivity contribution >= 4 is 27.7 Å². The Hall–Kier alpha value is -2.92. The van der Waals surface area contributed by atoms with Gasteiger partial charge in [0.15, 0.2) is 0 Å². The Kier molecular flexibility index (Phi) is 9.05. The Morgan fingerprint density at radius 1 is 0.853 bits per heavy atom. The van der Waals surface area contributed by atoms with E-state index in [0.29, 0.717) is 13.0 Å². The first kappa shape index (κ1) is 25.7. The number of amides is 2. The zero-order chi connectivity index (χ0) is 24.7. The second kappa shape index (κ2) is 12.0. The van der Waals surface area contributed by atoms with Crippen molar-refractivity contribution in [3.05, 3.63) is 105 Å². The van der Waals surface area contributed by atoms with Gasteiger partial charge in [0.25, 0.3) is 0 Å². The lowest BCUT2D eigenvalue weighted by Gasteiger charge is -2.32. The molecule has 0 bridgehead atoms. The zero-order valence-electron chi connectivity index (χ0n) is 20.3. The Labute approximate surface area is 211 Å². The third-order valence-electron chi connectivity index (χ3n) is 5.87. The number of benzene rings is 3. The van der Waals surface area contributed by atoms with Gasteiger partial charge in [0, 0.05) is 23.5 Å². The van der Waals surface area contributed by atoms with Gasteiger partial charge >= 0.3 is 0 Å². The van der Waals surface area contributed by atoms with E-state index in [1.807, 2.05) is 80.6 Å². The molecular formula is C29H33BrN2O2. The molecule has 1 unspecified atom stereocenters. The van der Waals surface area contributed by atoms with Crippen molar-refractivity contribution in [2.45, 2.75) is 59.2 Å². The van der Waals surface area contributed by atoms with Gasteiger partial charge in [-0.1, -0.05) is 76.6 Å². The minimum Gasteiger partial charge on any atom is -0.352 e. The van der Waals surface area contributed by atoms with Crippen LogP contribution in [0.15, 0.2) is 77.3 Å². The molecule has 1 N–H and O–H groups in total. The molecular weight excluding hydrogens is 488 g/mol. The Morgan fingerprint density at radius 2 is 1.56 bits per heavy atom. The van der Waals surface area contributed by atoms with Gasteiger partial charge in [0.1, 0.15) is 6.04 Å². The van der Waals surface area contributed by atoms with Gasteiger partial charge in [-0.15, -0.1) is 0 Å². The quantitative estimate of drug-likeness (QED) is 0.389. The van der Waals surface area contributed by atoms with E-state index in [0.717, 1.165) is 26.7 Å². The topological polar surface area (TPSA) is 49.4 Å². The van der Waals surface area contributed by atoms with Gasteiger partial charge in [0.2, 0.25) is 11.8 Å².